The first-order chi connectivity index (χ1) is 17.6. The maximum absolute atomic E-state index is 13.6. The minimum atomic E-state index is -4.98. The number of benzene rings is 1. The van der Waals surface area contributed by atoms with Crippen LogP contribution in [0, 0.1) is 0 Å². The van der Waals surface area contributed by atoms with Crippen LogP contribution in [0.25, 0.3) is 17.2 Å². The van der Waals surface area contributed by atoms with Crippen molar-refractivity contribution in [2.45, 2.75) is 25.3 Å². The second-order valence-corrected chi connectivity index (χ2v) is 8.43. The van der Waals surface area contributed by atoms with E-state index < -0.39 is 37.0 Å². The van der Waals surface area contributed by atoms with Gasteiger partial charge < -0.3 is 5.32 Å². The van der Waals surface area contributed by atoms with E-state index in [1.165, 1.54) is 41.5 Å². The van der Waals surface area contributed by atoms with Crippen LogP contribution in [0.3, 0.4) is 0 Å². The molecule has 0 aliphatic rings. The molecule has 0 radical (unpaired) electrons. The molecule has 0 spiro atoms. The Morgan fingerprint density at radius 1 is 1.08 bits per heavy atom. The summed E-state index contributed by atoms with van der Waals surface area (Å²) in [6.07, 6.45) is -2.18. The van der Waals surface area contributed by atoms with E-state index in [1.54, 1.807) is 17.4 Å². The Kier molecular flexibility index (Phi) is 7.59. The van der Waals surface area contributed by atoms with Crippen molar-refractivity contribution in [1.29, 1.82) is 0 Å². The fraction of sp³-hybridized carbons (Fsp3) is 0.238. The van der Waals surface area contributed by atoms with Crippen LogP contribution in [0.1, 0.15) is 5.82 Å². The maximum Gasteiger partial charge on any atom is 0.410 e. The molecule has 0 aliphatic carbocycles. The van der Waals surface area contributed by atoms with Crippen LogP contribution in [0.15, 0.2) is 53.7 Å². The molecule has 1 amide bonds. The molecule has 1 unspecified atom stereocenters. The molecule has 0 fully saturated rings. The van der Waals surface area contributed by atoms with Crippen LogP contribution in [0.4, 0.5) is 17.6 Å². The van der Waals surface area contributed by atoms with Gasteiger partial charge >= 0.3 is 11.9 Å². The molecule has 1 atom stereocenters. The van der Waals surface area contributed by atoms with E-state index in [0.29, 0.717) is 10.0 Å². The van der Waals surface area contributed by atoms with Gasteiger partial charge in [0.2, 0.25) is 0 Å². The van der Waals surface area contributed by atoms with Gasteiger partial charge in [0, 0.05) is 16.8 Å². The van der Waals surface area contributed by atoms with Crippen molar-refractivity contribution in [2.24, 2.45) is 0 Å². The minimum absolute atomic E-state index is 0.0919. The summed E-state index contributed by atoms with van der Waals surface area (Å²) in [6, 6.07) is 6.52. The number of alkyl halides is 4. The van der Waals surface area contributed by atoms with Crippen LogP contribution < -0.4 is 11.0 Å². The molecular formula is C21H16Cl2F4N8O2. The Bertz CT molecular complexity index is 1470. The van der Waals surface area contributed by atoms with E-state index in [2.05, 4.69) is 20.2 Å². The molecule has 4 rings (SSSR count). The highest BCUT2D eigenvalue weighted by Crippen LogP contribution is 2.24. The van der Waals surface area contributed by atoms with Crippen LogP contribution in [0.5, 0.6) is 0 Å². The number of carbonyl (C=O) groups is 1. The van der Waals surface area contributed by atoms with Crippen molar-refractivity contribution < 1.29 is 22.4 Å². The first-order valence-corrected chi connectivity index (χ1v) is 11.2. The highest BCUT2D eigenvalue weighted by atomic mass is 35.5. The SMILES string of the molecule is O=C(CF)NC(Cn1c(-c2ccc(Cl)cc2)nn(Cc2ncn(-c3ncccc3Cl)n2)c1=O)C(F)(F)F. The molecule has 16 heteroatoms. The Labute approximate surface area is 215 Å². The van der Waals surface area contributed by atoms with E-state index in [9.17, 15) is 27.2 Å². The highest BCUT2D eigenvalue weighted by Gasteiger charge is 2.42. The summed E-state index contributed by atoms with van der Waals surface area (Å²) in [5.74, 6) is -1.25. The zero-order valence-corrected chi connectivity index (χ0v) is 20.0. The quantitative estimate of drug-likeness (QED) is 0.332. The molecule has 194 valence electrons. The van der Waals surface area contributed by atoms with Gasteiger partial charge in [-0.05, 0) is 36.4 Å². The average molecular weight is 559 g/mol. The molecule has 0 saturated heterocycles. The summed E-state index contributed by atoms with van der Waals surface area (Å²) in [6.45, 7) is -3.02. The first kappa shape index (κ1) is 26.3. The molecule has 0 saturated carbocycles. The minimum Gasteiger partial charge on any atom is -0.341 e. The topological polar surface area (TPSA) is 113 Å². The van der Waals surface area contributed by atoms with E-state index >= 15 is 0 Å². The third-order valence-electron chi connectivity index (χ3n) is 5.03. The van der Waals surface area contributed by atoms with Crippen molar-refractivity contribution >= 4 is 29.1 Å². The number of hydrogen-bond acceptors (Lipinski definition) is 6. The average Bonchev–Trinajstić information content (AvgIpc) is 3.44. The molecular weight excluding hydrogens is 543 g/mol. The van der Waals surface area contributed by atoms with Gasteiger partial charge in [-0.2, -0.15) is 13.2 Å². The highest BCUT2D eigenvalue weighted by molar-refractivity contribution is 6.32. The van der Waals surface area contributed by atoms with Crippen LogP contribution in [-0.4, -0.2) is 58.9 Å². The zero-order chi connectivity index (χ0) is 26.7. The van der Waals surface area contributed by atoms with Gasteiger partial charge in [0.1, 0.15) is 18.9 Å². The zero-order valence-electron chi connectivity index (χ0n) is 18.5. The second-order valence-electron chi connectivity index (χ2n) is 7.59. The number of amides is 1. The van der Waals surface area contributed by atoms with Gasteiger partial charge in [0.25, 0.3) is 5.91 Å². The summed E-state index contributed by atoms with van der Waals surface area (Å²) in [4.78, 5) is 32.7. The van der Waals surface area contributed by atoms with Crippen LogP contribution in [0.2, 0.25) is 10.0 Å². The van der Waals surface area contributed by atoms with Crippen molar-refractivity contribution in [1.82, 2.24) is 39.4 Å². The lowest BCUT2D eigenvalue weighted by atomic mass is 10.2. The number of carbonyl (C=O) groups excluding carboxylic acids is 1. The summed E-state index contributed by atoms with van der Waals surface area (Å²) in [5, 5.41) is 10.6. The Balaban J connectivity index is 1.72. The van der Waals surface area contributed by atoms with Gasteiger partial charge in [-0.1, -0.05) is 23.2 Å². The van der Waals surface area contributed by atoms with Gasteiger partial charge in [0.15, 0.2) is 24.1 Å². The van der Waals surface area contributed by atoms with Crippen molar-refractivity contribution in [2.75, 3.05) is 6.67 Å². The molecule has 10 nitrogen and oxygen atoms in total. The Hall–Kier alpha value is -3.78. The number of rotatable bonds is 8. The van der Waals surface area contributed by atoms with E-state index in [0.717, 1.165) is 9.25 Å². The number of aromatic nitrogens is 7. The van der Waals surface area contributed by atoms with Gasteiger partial charge in [-0.3, -0.25) is 9.36 Å². The number of nitrogens with one attached hydrogen (secondary N) is 1. The predicted molar refractivity (Wildman–Crippen MR) is 124 cm³/mol. The van der Waals surface area contributed by atoms with E-state index in [1.807, 2.05) is 0 Å². The number of pyridine rings is 1. The van der Waals surface area contributed by atoms with Crippen molar-refractivity contribution in [3.05, 3.63) is 75.3 Å². The largest absolute Gasteiger partial charge is 0.410 e. The predicted octanol–water partition coefficient (Wildman–Crippen LogP) is 3.06. The lowest BCUT2D eigenvalue weighted by Gasteiger charge is -2.21. The van der Waals surface area contributed by atoms with Gasteiger partial charge in [-0.25, -0.2) is 28.5 Å². The Morgan fingerprint density at radius 3 is 2.46 bits per heavy atom. The number of hydrogen-bond donors (Lipinski definition) is 1. The number of halogens is 6. The van der Waals surface area contributed by atoms with Gasteiger partial charge in [-0.15, -0.1) is 10.2 Å². The normalized spacial score (nSPS) is 12.5. The molecule has 1 aromatic carbocycles. The molecule has 1 N–H and O–H groups in total. The standard InChI is InChI=1S/C21H16Cl2F4N8O2/c22-13-5-3-12(4-6-13)18-32-34(10-16-29-11-35(31-16)19-14(23)2-1-7-28-19)20(37)33(18)9-15(21(25,26)27)30-17(36)8-24/h1-7,11,15H,8-10H2,(H,30,36). The molecule has 0 bridgehead atoms. The van der Waals surface area contributed by atoms with Gasteiger partial charge in [0.05, 0.1) is 11.6 Å². The van der Waals surface area contributed by atoms with Crippen LogP contribution >= 0.6 is 23.2 Å². The lowest BCUT2D eigenvalue weighted by molar-refractivity contribution is -0.164. The third-order valence-corrected chi connectivity index (χ3v) is 5.58. The molecule has 3 aromatic heterocycles. The molecule has 37 heavy (non-hydrogen) atoms. The smallest absolute Gasteiger partial charge is 0.341 e. The summed E-state index contributed by atoms with van der Waals surface area (Å²) < 4.78 is 56.4. The van der Waals surface area contributed by atoms with Crippen molar-refractivity contribution in [3.8, 4) is 17.2 Å². The van der Waals surface area contributed by atoms with E-state index in [-0.39, 0.29) is 29.6 Å². The summed E-state index contributed by atoms with van der Waals surface area (Å²) in [7, 11) is 0. The molecule has 0 aliphatic heterocycles. The third kappa shape index (κ3) is 5.97. The summed E-state index contributed by atoms with van der Waals surface area (Å²) in [5.41, 5.74) is -0.669. The van der Waals surface area contributed by atoms with Crippen LogP contribution in [-0.2, 0) is 17.9 Å². The lowest BCUT2D eigenvalue weighted by Crippen LogP contribution is -2.49. The molecule has 4 aromatic rings. The first-order valence-electron chi connectivity index (χ1n) is 10.4. The fourth-order valence-corrected chi connectivity index (χ4v) is 3.65. The maximum atomic E-state index is 13.6. The van der Waals surface area contributed by atoms with Crippen molar-refractivity contribution in [3.63, 3.8) is 0 Å². The monoisotopic (exact) mass is 558 g/mol. The second kappa shape index (κ2) is 10.7. The summed E-state index contributed by atoms with van der Waals surface area (Å²) >= 11 is 12.0. The number of nitrogens with zero attached hydrogens (tertiary/aromatic N) is 7. The fourth-order valence-electron chi connectivity index (χ4n) is 3.32. The molecule has 3 heterocycles. The van der Waals surface area contributed by atoms with E-state index in [4.69, 9.17) is 23.2 Å². The Morgan fingerprint density at radius 2 is 1.81 bits per heavy atom.